The second-order valence-electron chi connectivity index (χ2n) is 6.22. The average molecular weight is 323 g/mol. The predicted octanol–water partition coefficient (Wildman–Crippen LogP) is 2.38. The van der Waals surface area contributed by atoms with Crippen LogP contribution in [0.1, 0.15) is 5.56 Å². The van der Waals surface area contributed by atoms with Crippen LogP contribution in [0.15, 0.2) is 48.8 Å². The summed E-state index contributed by atoms with van der Waals surface area (Å²) in [5.74, 6) is 0.841. The number of aromatic nitrogens is 2. The molecule has 0 N–H and O–H groups in total. The van der Waals surface area contributed by atoms with Crippen LogP contribution >= 0.6 is 0 Å². The molecule has 0 aliphatic carbocycles. The zero-order chi connectivity index (χ0) is 16.8. The summed E-state index contributed by atoms with van der Waals surface area (Å²) in [6, 6.07) is 10.5. The monoisotopic (exact) mass is 323 g/mol. The molecule has 1 fully saturated rings. The Bertz CT molecular complexity index is 643. The molecule has 24 heavy (non-hydrogen) atoms. The Labute approximate surface area is 144 Å². The van der Waals surface area contributed by atoms with Gasteiger partial charge in [-0.15, -0.1) is 0 Å². The van der Waals surface area contributed by atoms with E-state index in [0.717, 1.165) is 38.7 Å². The quantitative estimate of drug-likeness (QED) is 0.844. The lowest BCUT2D eigenvalue weighted by molar-refractivity contribution is 0.283. The van der Waals surface area contributed by atoms with Crippen molar-refractivity contribution >= 4 is 17.7 Å². The van der Waals surface area contributed by atoms with Crippen molar-refractivity contribution in [3.8, 4) is 0 Å². The van der Waals surface area contributed by atoms with Gasteiger partial charge in [-0.1, -0.05) is 24.3 Å². The Balaban J connectivity index is 1.46. The van der Waals surface area contributed by atoms with Crippen molar-refractivity contribution in [3.63, 3.8) is 0 Å². The average Bonchev–Trinajstić information content (AvgIpc) is 2.63. The highest BCUT2D eigenvalue weighted by molar-refractivity contribution is 5.55. The highest BCUT2D eigenvalue weighted by Gasteiger charge is 2.17. The SMILES string of the molecule is CN(C)c1ccc(C=CCN2CCN(c3ncccn3)CC2)cc1. The van der Waals surface area contributed by atoms with Crippen LogP contribution in [-0.2, 0) is 0 Å². The van der Waals surface area contributed by atoms with Gasteiger partial charge >= 0.3 is 0 Å². The molecule has 1 aromatic heterocycles. The molecular weight excluding hydrogens is 298 g/mol. The van der Waals surface area contributed by atoms with Gasteiger partial charge in [-0.3, -0.25) is 4.90 Å². The highest BCUT2D eigenvalue weighted by Crippen LogP contribution is 2.13. The van der Waals surface area contributed by atoms with E-state index in [1.807, 2.05) is 6.07 Å². The lowest BCUT2D eigenvalue weighted by atomic mass is 10.2. The molecule has 0 unspecified atom stereocenters. The Hall–Kier alpha value is -2.40. The number of anilines is 2. The minimum Gasteiger partial charge on any atom is -0.378 e. The first-order valence-corrected chi connectivity index (χ1v) is 8.40. The van der Waals surface area contributed by atoms with Crippen LogP contribution in [0.3, 0.4) is 0 Å². The molecule has 0 bridgehead atoms. The summed E-state index contributed by atoms with van der Waals surface area (Å²) in [5.41, 5.74) is 2.48. The summed E-state index contributed by atoms with van der Waals surface area (Å²) >= 11 is 0. The van der Waals surface area contributed by atoms with Gasteiger partial charge in [0.25, 0.3) is 0 Å². The van der Waals surface area contributed by atoms with Crippen molar-refractivity contribution in [3.05, 3.63) is 54.4 Å². The van der Waals surface area contributed by atoms with Gasteiger partial charge in [0.05, 0.1) is 0 Å². The van der Waals surface area contributed by atoms with Gasteiger partial charge in [0.2, 0.25) is 5.95 Å². The number of hydrogen-bond acceptors (Lipinski definition) is 5. The summed E-state index contributed by atoms with van der Waals surface area (Å²) < 4.78 is 0. The van der Waals surface area contributed by atoms with Gasteiger partial charge < -0.3 is 9.80 Å². The summed E-state index contributed by atoms with van der Waals surface area (Å²) in [5, 5.41) is 0. The summed E-state index contributed by atoms with van der Waals surface area (Å²) in [4.78, 5) is 15.5. The molecule has 3 rings (SSSR count). The summed E-state index contributed by atoms with van der Waals surface area (Å²) in [6.45, 7) is 5.04. The van der Waals surface area contributed by atoms with E-state index in [-0.39, 0.29) is 0 Å². The van der Waals surface area contributed by atoms with Crippen LogP contribution in [0, 0.1) is 0 Å². The fourth-order valence-electron chi connectivity index (χ4n) is 2.81. The molecule has 2 aromatic rings. The molecule has 5 heteroatoms. The molecule has 1 aromatic carbocycles. The Morgan fingerprint density at radius 1 is 1.00 bits per heavy atom. The fraction of sp³-hybridized carbons (Fsp3) is 0.368. The van der Waals surface area contributed by atoms with Crippen molar-refractivity contribution in [2.75, 3.05) is 56.6 Å². The highest BCUT2D eigenvalue weighted by atomic mass is 15.3. The Morgan fingerprint density at radius 3 is 2.29 bits per heavy atom. The van der Waals surface area contributed by atoms with Crippen molar-refractivity contribution in [2.24, 2.45) is 0 Å². The van der Waals surface area contributed by atoms with E-state index in [0.29, 0.717) is 0 Å². The molecule has 1 aliphatic heterocycles. The van der Waals surface area contributed by atoms with Crippen LogP contribution in [0.4, 0.5) is 11.6 Å². The largest absolute Gasteiger partial charge is 0.378 e. The molecule has 1 saturated heterocycles. The standard InChI is InChI=1S/C19H25N5/c1-22(2)18-8-6-17(7-9-18)5-3-12-23-13-15-24(16-14-23)19-20-10-4-11-21-19/h3-11H,12-16H2,1-2H3. The van der Waals surface area contributed by atoms with Gasteiger partial charge in [0, 0.05) is 64.9 Å². The topological polar surface area (TPSA) is 35.5 Å². The van der Waals surface area contributed by atoms with E-state index in [9.17, 15) is 0 Å². The van der Waals surface area contributed by atoms with Crippen LogP contribution in [-0.4, -0.2) is 61.7 Å². The maximum Gasteiger partial charge on any atom is 0.225 e. The third-order valence-electron chi connectivity index (χ3n) is 4.29. The van der Waals surface area contributed by atoms with Crippen molar-refractivity contribution in [2.45, 2.75) is 0 Å². The van der Waals surface area contributed by atoms with E-state index in [4.69, 9.17) is 0 Å². The van der Waals surface area contributed by atoms with Gasteiger partial charge in [0.1, 0.15) is 0 Å². The zero-order valence-corrected chi connectivity index (χ0v) is 14.5. The number of rotatable bonds is 5. The number of benzene rings is 1. The second-order valence-corrected chi connectivity index (χ2v) is 6.22. The number of hydrogen-bond donors (Lipinski definition) is 0. The first-order chi connectivity index (χ1) is 11.7. The molecular formula is C19H25N5. The molecule has 0 saturated carbocycles. The minimum absolute atomic E-state index is 0.841. The lowest BCUT2D eigenvalue weighted by Crippen LogP contribution is -2.46. The molecule has 0 spiro atoms. The van der Waals surface area contributed by atoms with Gasteiger partial charge in [-0.05, 0) is 23.8 Å². The van der Waals surface area contributed by atoms with Crippen LogP contribution in [0.25, 0.3) is 6.08 Å². The van der Waals surface area contributed by atoms with Crippen LogP contribution in [0.2, 0.25) is 0 Å². The van der Waals surface area contributed by atoms with Gasteiger partial charge in [-0.2, -0.15) is 0 Å². The molecule has 5 nitrogen and oxygen atoms in total. The van der Waals surface area contributed by atoms with Crippen molar-refractivity contribution < 1.29 is 0 Å². The lowest BCUT2D eigenvalue weighted by Gasteiger charge is -2.34. The second kappa shape index (κ2) is 7.93. The summed E-state index contributed by atoms with van der Waals surface area (Å²) in [7, 11) is 4.12. The first kappa shape index (κ1) is 16.5. The van der Waals surface area contributed by atoms with Crippen LogP contribution in [0.5, 0.6) is 0 Å². The number of piperazine rings is 1. The summed E-state index contributed by atoms with van der Waals surface area (Å²) in [6.07, 6.45) is 8.06. The van der Waals surface area contributed by atoms with Crippen molar-refractivity contribution in [1.29, 1.82) is 0 Å². The molecule has 0 radical (unpaired) electrons. The smallest absolute Gasteiger partial charge is 0.225 e. The molecule has 0 atom stereocenters. The number of nitrogens with zero attached hydrogens (tertiary/aromatic N) is 5. The van der Waals surface area contributed by atoms with Gasteiger partial charge in [-0.25, -0.2) is 9.97 Å². The van der Waals surface area contributed by atoms with E-state index in [1.165, 1.54) is 11.3 Å². The van der Waals surface area contributed by atoms with Crippen LogP contribution < -0.4 is 9.80 Å². The minimum atomic E-state index is 0.841. The molecule has 2 heterocycles. The molecule has 126 valence electrons. The maximum absolute atomic E-state index is 4.33. The van der Waals surface area contributed by atoms with Gasteiger partial charge in [0.15, 0.2) is 0 Å². The first-order valence-electron chi connectivity index (χ1n) is 8.40. The Kier molecular flexibility index (Phi) is 5.43. The van der Waals surface area contributed by atoms with E-state index in [2.05, 4.69) is 75.2 Å². The van der Waals surface area contributed by atoms with E-state index in [1.54, 1.807) is 12.4 Å². The third kappa shape index (κ3) is 4.32. The molecule has 0 amide bonds. The van der Waals surface area contributed by atoms with E-state index >= 15 is 0 Å². The zero-order valence-electron chi connectivity index (χ0n) is 14.5. The molecule has 1 aliphatic rings. The maximum atomic E-state index is 4.33. The third-order valence-corrected chi connectivity index (χ3v) is 4.29. The Morgan fingerprint density at radius 2 is 1.67 bits per heavy atom. The normalized spacial score (nSPS) is 15.8. The van der Waals surface area contributed by atoms with E-state index < -0.39 is 0 Å². The van der Waals surface area contributed by atoms with Crippen molar-refractivity contribution in [1.82, 2.24) is 14.9 Å². The fourth-order valence-corrected chi connectivity index (χ4v) is 2.81. The predicted molar refractivity (Wildman–Crippen MR) is 100 cm³/mol.